The Morgan fingerprint density at radius 1 is 1.42 bits per heavy atom. The van der Waals surface area contributed by atoms with E-state index in [-0.39, 0.29) is 5.88 Å². The van der Waals surface area contributed by atoms with Gasteiger partial charge in [-0.1, -0.05) is 6.07 Å². The van der Waals surface area contributed by atoms with Gasteiger partial charge in [0.1, 0.15) is 11.7 Å². The molecule has 0 spiro atoms. The summed E-state index contributed by atoms with van der Waals surface area (Å²) in [5.41, 5.74) is 8.24. The van der Waals surface area contributed by atoms with Gasteiger partial charge < -0.3 is 10.7 Å². The van der Waals surface area contributed by atoms with Gasteiger partial charge in [-0.3, -0.25) is 0 Å². The maximum Gasteiger partial charge on any atom is 0.148 e. The summed E-state index contributed by atoms with van der Waals surface area (Å²) in [7, 11) is 0. The van der Waals surface area contributed by atoms with Gasteiger partial charge in [-0.25, -0.2) is 9.98 Å². The lowest BCUT2D eigenvalue weighted by atomic mass is 10.3. The van der Waals surface area contributed by atoms with Crippen molar-refractivity contribution in [2.24, 2.45) is 10.7 Å². The van der Waals surface area contributed by atoms with Crippen LogP contribution in [-0.2, 0) is 0 Å². The van der Waals surface area contributed by atoms with Crippen molar-refractivity contribution in [3.63, 3.8) is 0 Å². The summed E-state index contributed by atoms with van der Waals surface area (Å²) in [5, 5.41) is 2.03. The van der Waals surface area contributed by atoms with Gasteiger partial charge in [0.15, 0.2) is 0 Å². The molecule has 96 valence electrons. The molecule has 0 saturated carbocycles. The lowest BCUT2D eigenvalue weighted by Crippen LogP contribution is -2.12. The molecule has 6 heteroatoms. The molecular weight excluding hydrogens is 280 g/mol. The van der Waals surface area contributed by atoms with Gasteiger partial charge in [0, 0.05) is 0 Å². The fourth-order valence-electron chi connectivity index (χ4n) is 1.79. The number of hydrogen-bond donors (Lipinski definition) is 2. The Morgan fingerprint density at radius 3 is 3.05 bits per heavy atom. The van der Waals surface area contributed by atoms with Crippen LogP contribution in [0.1, 0.15) is 0 Å². The molecule has 19 heavy (non-hydrogen) atoms. The van der Waals surface area contributed by atoms with Crippen LogP contribution in [0, 0.1) is 0 Å². The maximum atomic E-state index is 5.63. The number of aliphatic imine (C=N–C) groups is 1. The van der Waals surface area contributed by atoms with Crippen molar-refractivity contribution in [2.75, 3.05) is 5.88 Å². The number of rotatable bonds is 3. The first-order chi connectivity index (χ1) is 9.26. The minimum Gasteiger partial charge on any atom is -0.386 e. The summed E-state index contributed by atoms with van der Waals surface area (Å²) in [6.45, 7) is 0. The van der Waals surface area contributed by atoms with Gasteiger partial charge in [-0.05, 0) is 29.6 Å². The average Bonchev–Trinajstić information content (AvgIpc) is 3.06. The number of imidazole rings is 1. The summed E-state index contributed by atoms with van der Waals surface area (Å²) in [4.78, 5) is 13.2. The van der Waals surface area contributed by atoms with Crippen LogP contribution in [0.5, 0.6) is 0 Å². The van der Waals surface area contributed by atoms with E-state index in [0.717, 1.165) is 27.4 Å². The molecule has 0 fully saturated rings. The number of alkyl halides is 1. The summed E-state index contributed by atoms with van der Waals surface area (Å²) in [6.07, 6.45) is 0. The van der Waals surface area contributed by atoms with E-state index in [4.69, 9.17) is 17.3 Å². The lowest BCUT2D eigenvalue weighted by Gasteiger charge is -1.96. The highest BCUT2D eigenvalue weighted by atomic mass is 35.5. The highest BCUT2D eigenvalue weighted by Gasteiger charge is 2.06. The monoisotopic (exact) mass is 290 g/mol. The number of halogens is 1. The summed E-state index contributed by atoms with van der Waals surface area (Å²) in [6, 6.07) is 9.75. The van der Waals surface area contributed by atoms with Gasteiger partial charge in [-0.2, -0.15) is 0 Å². The minimum atomic E-state index is 0.224. The largest absolute Gasteiger partial charge is 0.386 e. The molecule has 0 amide bonds. The molecular formula is C13H11ClN4S. The van der Waals surface area contributed by atoms with Crippen molar-refractivity contribution in [1.82, 2.24) is 9.97 Å². The third-order valence-electron chi connectivity index (χ3n) is 2.63. The molecule has 3 aromatic rings. The number of aromatic amines is 1. The third-order valence-corrected chi connectivity index (χ3v) is 3.78. The Hall–Kier alpha value is -1.85. The van der Waals surface area contributed by atoms with Crippen LogP contribution in [0.25, 0.3) is 21.7 Å². The van der Waals surface area contributed by atoms with Crippen LogP contribution < -0.4 is 5.73 Å². The molecule has 2 aromatic heterocycles. The topological polar surface area (TPSA) is 67.1 Å². The predicted molar refractivity (Wildman–Crippen MR) is 81.4 cm³/mol. The lowest BCUT2D eigenvalue weighted by molar-refractivity contribution is 1.36. The van der Waals surface area contributed by atoms with E-state index in [1.165, 1.54) is 0 Å². The molecule has 0 radical (unpaired) electrons. The van der Waals surface area contributed by atoms with Gasteiger partial charge >= 0.3 is 0 Å². The van der Waals surface area contributed by atoms with Gasteiger partial charge in [0.2, 0.25) is 0 Å². The van der Waals surface area contributed by atoms with E-state index >= 15 is 0 Å². The van der Waals surface area contributed by atoms with E-state index in [1.807, 2.05) is 35.7 Å². The zero-order chi connectivity index (χ0) is 13.2. The number of hydrogen-bond acceptors (Lipinski definition) is 3. The summed E-state index contributed by atoms with van der Waals surface area (Å²) >= 11 is 7.27. The van der Waals surface area contributed by atoms with Crippen molar-refractivity contribution in [3.05, 3.63) is 35.7 Å². The Bertz CT molecular complexity index is 730. The summed E-state index contributed by atoms with van der Waals surface area (Å²) < 4.78 is 0. The molecule has 0 aliphatic rings. The minimum absolute atomic E-state index is 0.224. The van der Waals surface area contributed by atoms with Crippen LogP contribution in [0.2, 0.25) is 0 Å². The van der Waals surface area contributed by atoms with E-state index in [0.29, 0.717) is 5.84 Å². The number of H-pyrrole nitrogens is 1. The second-order valence-electron chi connectivity index (χ2n) is 4.00. The standard InChI is InChI=1S/C13H11ClN4S/c14-7-12(15)16-8-3-4-9-10(6-8)18-13(17-9)11-2-1-5-19-11/h1-6H,7H2,(H2,15,16)(H,17,18). The van der Waals surface area contributed by atoms with Crippen molar-refractivity contribution in [2.45, 2.75) is 0 Å². The quantitative estimate of drug-likeness (QED) is 0.440. The fraction of sp³-hybridized carbons (Fsp3) is 0.0769. The van der Waals surface area contributed by atoms with Crippen LogP contribution >= 0.6 is 22.9 Å². The molecule has 3 N–H and O–H groups in total. The van der Waals surface area contributed by atoms with E-state index in [2.05, 4.69) is 15.0 Å². The van der Waals surface area contributed by atoms with Gasteiger partial charge in [0.05, 0.1) is 27.5 Å². The summed E-state index contributed by atoms with van der Waals surface area (Å²) in [5.74, 6) is 1.50. The Labute approximate surface area is 119 Å². The fourth-order valence-corrected chi connectivity index (χ4v) is 2.52. The first-order valence-electron chi connectivity index (χ1n) is 5.69. The van der Waals surface area contributed by atoms with Crippen molar-refractivity contribution >= 4 is 45.5 Å². The van der Waals surface area contributed by atoms with Crippen molar-refractivity contribution in [1.29, 1.82) is 0 Å². The Kier molecular flexibility index (Phi) is 3.23. The number of fused-ring (bicyclic) bond motifs is 1. The van der Waals surface area contributed by atoms with Crippen LogP contribution in [0.3, 0.4) is 0 Å². The SMILES string of the molecule is NC(CCl)=Nc1ccc2nc(-c3cccs3)[nH]c2c1. The van der Waals surface area contributed by atoms with E-state index in [1.54, 1.807) is 11.3 Å². The van der Waals surface area contributed by atoms with E-state index in [9.17, 15) is 0 Å². The molecule has 4 nitrogen and oxygen atoms in total. The highest BCUT2D eigenvalue weighted by Crippen LogP contribution is 2.26. The highest BCUT2D eigenvalue weighted by molar-refractivity contribution is 7.13. The van der Waals surface area contributed by atoms with Crippen molar-refractivity contribution in [3.8, 4) is 10.7 Å². The first kappa shape index (κ1) is 12.2. The molecule has 2 heterocycles. The van der Waals surface area contributed by atoms with E-state index < -0.39 is 0 Å². The van der Waals surface area contributed by atoms with Crippen molar-refractivity contribution < 1.29 is 0 Å². The third kappa shape index (κ3) is 2.47. The predicted octanol–water partition coefficient (Wildman–Crippen LogP) is 3.52. The number of thiophene rings is 1. The smallest absolute Gasteiger partial charge is 0.148 e. The van der Waals surface area contributed by atoms with Crippen LogP contribution in [0.4, 0.5) is 5.69 Å². The molecule has 0 saturated heterocycles. The number of nitrogens with two attached hydrogens (primary N) is 1. The molecule has 0 aliphatic heterocycles. The number of nitrogens with zero attached hydrogens (tertiary/aromatic N) is 2. The number of benzene rings is 1. The molecule has 0 aliphatic carbocycles. The molecule has 3 rings (SSSR count). The molecule has 1 aromatic carbocycles. The number of nitrogens with one attached hydrogen (secondary N) is 1. The first-order valence-corrected chi connectivity index (χ1v) is 7.10. The number of amidine groups is 1. The maximum absolute atomic E-state index is 5.63. The van der Waals surface area contributed by atoms with Gasteiger partial charge in [-0.15, -0.1) is 22.9 Å². The molecule has 0 unspecified atom stereocenters. The number of aromatic nitrogens is 2. The Morgan fingerprint density at radius 2 is 2.32 bits per heavy atom. The van der Waals surface area contributed by atoms with Crippen LogP contribution in [0.15, 0.2) is 40.7 Å². The second-order valence-corrected chi connectivity index (χ2v) is 5.22. The average molecular weight is 291 g/mol. The normalized spacial score (nSPS) is 12.2. The molecule has 0 atom stereocenters. The second kappa shape index (κ2) is 5.03. The Balaban J connectivity index is 2.04. The molecule has 0 bridgehead atoms. The van der Waals surface area contributed by atoms with Crippen LogP contribution in [-0.4, -0.2) is 21.7 Å². The zero-order valence-corrected chi connectivity index (χ0v) is 11.5. The van der Waals surface area contributed by atoms with Gasteiger partial charge in [0.25, 0.3) is 0 Å². The zero-order valence-electron chi connectivity index (χ0n) is 9.93.